The van der Waals surface area contributed by atoms with Crippen molar-refractivity contribution in [1.82, 2.24) is 10.2 Å². The number of nitrogens with one attached hydrogen (secondary N) is 2. The lowest BCUT2D eigenvalue weighted by molar-refractivity contribution is -0.137. The van der Waals surface area contributed by atoms with Gasteiger partial charge in [-0.3, -0.25) is 4.90 Å². The number of nitrogens with zero attached hydrogens (tertiary/aromatic N) is 2. The lowest BCUT2D eigenvalue weighted by atomic mass is 10.1. The van der Waals surface area contributed by atoms with E-state index in [1.165, 1.54) is 15.9 Å². The predicted octanol–water partition coefficient (Wildman–Crippen LogP) is 5.20. The van der Waals surface area contributed by atoms with E-state index < -0.39 is 17.3 Å². The number of hydrogen-bond donors (Lipinski definition) is 2. The number of amides is 4. The van der Waals surface area contributed by atoms with Crippen molar-refractivity contribution in [2.24, 2.45) is 0 Å². The molecule has 6 nitrogen and oxygen atoms in total. The van der Waals surface area contributed by atoms with E-state index in [-0.39, 0.29) is 18.6 Å². The van der Waals surface area contributed by atoms with Crippen molar-refractivity contribution < 1.29 is 22.8 Å². The maximum atomic E-state index is 13.0. The van der Waals surface area contributed by atoms with Crippen LogP contribution in [0.2, 0.25) is 0 Å². The van der Waals surface area contributed by atoms with Crippen LogP contribution in [0.25, 0.3) is 0 Å². The van der Waals surface area contributed by atoms with Crippen LogP contribution in [0.5, 0.6) is 0 Å². The molecule has 4 amide bonds. The fourth-order valence-corrected chi connectivity index (χ4v) is 3.37. The third-order valence-electron chi connectivity index (χ3n) is 4.68. The van der Waals surface area contributed by atoms with Crippen LogP contribution in [0.3, 0.4) is 0 Å². The van der Waals surface area contributed by atoms with E-state index in [1.54, 1.807) is 31.3 Å². The summed E-state index contributed by atoms with van der Waals surface area (Å²) in [4.78, 5) is 27.8. The molecule has 0 saturated heterocycles. The molecule has 3 rings (SSSR count). The summed E-state index contributed by atoms with van der Waals surface area (Å²) in [6.07, 6.45) is -4.45. The number of benzene rings is 2. The zero-order valence-corrected chi connectivity index (χ0v) is 17.8. The molecule has 0 aromatic heterocycles. The van der Waals surface area contributed by atoms with Crippen molar-refractivity contribution in [2.75, 3.05) is 17.3 Å². The second-order valence-electron chi connectivity index (χ2n) is 8.60. The van der Waals surface area contributed by atoms with Crippen LogP contribution in [0.4, 0.5) is 34.1 Å². The molecule has 0 fully saturated rings. The largest absolute Gasteiger partial charge is 0.416 e. The number of urea groups is 2. The fourth-order valence-electron chi connectivity index (χ4n) is 3.37. The summed E-state index contributed by atoms with van der Waals surface area (Å²) in [6.45, 7) is 5.92. The highest BCUT2D eigenvalue weighted by Gasteiger charge is 2.32. The molecule has 0 spiro atoms. The third kappa shape index (κ3) is 5.48. The Morgan fingerprint density at radius 1 is 1.10 bits per heavy atom. The number of alkyl halides is 3. The Hall–Kier alpha value is -3.23. The Morgan fingerprint density at radius 3 is 2.45 bits per heavy atom. The first-order valence-corrected chi connectivity index (χ1v) is 9.74. The summed E-state index contributed by atoms with van der Waals surface area (Å²) in [6, 6.07) is 9.40. The summed E-state index contributed by atoms with van der Waals surface area (Å²) in [5.41, 5.74) is 1.16. The molecule has 0 atom stereocenters. The van der Waals surface area contributed by atoms with Gasteiger partial charge in [-0.15, -0.1) is 0 Å². The Bertz CT molecular complexity index is 999. The van der Waals surface area contributed by atoms with Gasteiger partial charge in [-0.2, -0.15) is 13.2 Å². The lowest BCUT2D eigenvalue weighted by Crippen LogP contribution is -2.45. The predicted molar refractivity (Wildman–Crippen MR) is 113 cm³/mol. The van der Waals surface area contributed by atoms with Crippen LogP contribution in [-0.2, 0) is 19.3 Å². The third-order valence-corrected chi connectivity index (χ3v) is 4.68. The highest BCUT2D eigenvalue weighted by atomic mass is 19.4. The van der Waals surface area contributed by atoms with Crippen molar-refractivity contribution in [3.63, 3.8) is 0 Å². The number of rotatable bonds is 3. The summed E-state index contributed by atoms with van der Waals surface area (Å²) in [7, 11) is 1.62. The van der Waals surface area contributed by atoms with Crippen molar-refractivity contribution in [1.29, 1.82) is 0 Å². The van der Waals surface area contributed by atoms with Gasteiger partial charge in [-0.25, -0.2) is 9.59 Å². The van der Waals surface area contributed by atoms with Crippen molar-refractivity contribution in [2.45, 2.75) is 45.6 Å². The standard InChI is InChI=1S/C22H25F3N4O2/c1-21(2,3)27-19(30)26-17-8-9-18-15(11-17)13-28(4)20(31)29(18)12-14-6-5-7-16(10-14)22(23,24)25/h5-11H,12-13H2,1-4H3,(H2,26,27,30). The maximum absolute atomic E-state index is 13.0. The van der Waals surface area contributed by atoms with Crippen LogP contribution < -0.4 is 15.5 Å². The smallest absolute Gasteiger partial charge is 0.333 e. The lowest BCUT2D eigenvalue weighted by Gasteiger charge is -2.35. The topological polar surface area (TPSA) is 64.7 Å². The van der Waals surface area contributed by atoms with Gasteiger partial charge in [0, 0.05) is 24.8 Å². The Kier molecular flexibility index (Phi) is 5.89. The number of halogens is 3. The molecule has 2 aromatic carbocycles. The molecule has 2 N–H and O–H groups in total. The SMILES string of the molecule is CN1Cc2cc(NC(=O)NC(C)(C)C)ccc2N(Cc2cccc(C(F)(F)F)c2)C1=O. The normalized spacial score (nSPS) is 14.4. The molecular formula is C22H25F3N4O2. The first kappa shape index (κ1) is 22.5. The summed E-state index contributed by atoms with van der Waals surface area (Å²) in [5.74, 6) is 0. The molecular weight excluding hydrogens is 409 g/mol. The summed E-state index contributed by atoms with van der Waals surface area (Å²) in [5, 5.41) is 5.57. The van der Waals surface area contributed by atoms with Gasteiger partial charge < -0.3 is 15.5 Å². The monoisotopic (exact) mass is 434 g/mol. The van der Waals surface area contributed by atoms with Gasteiger partial charge in [0.05, 0.1) is 17.8 Å². The molecule has 31 heavy (non-hydrogen) atoms. The molecule has 1 aliphatic rings. The maximum Gasteiger partial charge on any atom is 0.416 e. The molecule has 0 saturated carbocycles. The molecule has 0 unspecified atom stereocenters. The fraction of sp³-hybridized carbons (Fsp3) is 0.364. The number of carbonyl (C=O) groups is 2. The number of carbonyl (C=O) groups excluding carboxylic acids is 2. The number of hydrogen-bond acceptors (Lipinski definition) is 2. The van der Waals surface area contributed by atoms with E-state index in [0.717, 1.165) is 17.7 Å². The van der Waals surface area contributed by atoms with Gasteiger partial charge in [0.15, 0.2) is 0 Å². The quantitative estimate of drug-likeness (QED) is 0.698. The van der Waals surface area contributed by atoms with Crippen LogP contribution >= 0.6 is 0 Å². The average Bonchev–Trinajstić information content (AvgIpc) is 2.63. The zero-order valence-electron chi connectivity index (χ0n) is 17.8. The average molecular weight is 434 g/mol. The summed E-state index contributed by atoms with van der Waals surface area (Å²) >= 11 is 0. The van der Waals surface area contributed by atoms with E-state index in [9.17, 15) is 22.8 Å². The number of fused-ring (bicyclic) bond motifs is 1. The minimum Gasteiger partial charge on any atom is -0.333 e. The molecule has 9 heteroatoms. The highest BCUT2D eigenvalue weighted by Crippen LogP contribution is 2.33. The Morgan fingerprint density at radius 2 is 1.81 bits per heavy atom. The van der Waals surface area contributed by atoms with Crippen molar-refractivity contribution in [3.05, 3.63) is 59.2 Å². The van der Waals surface area contributed by atoms with Gasteiger partial charge in [0.1, 0.15) is 0 Å². The summed E-state index contributed by atoms with van der Waals surface area (Å²) < 4.78 is 39.1. The zero-order chi connectivity index (χ0) is 23.0. The van der Waals surface area contributed by atoms with Crippen LogP contribution in [-0.4, -0.2) is 29.5 Å². The first-order valence-electron chi connectivity index (χ1n) is 9.74. The van der Waals surface area contributed by atoms with E-state index in [0.29, 0.717) is 23.5 Å². The van der Waals surface area contributed by atoms with E-state index in [4.69, 9.17) is 0 Å². The first-order chi connectivity index (χ1) is 14.3. The molecule has 1 aliphatic heterocycles. The van der Waals surface area contributed by atoms with E-state index in [1.807, 2.05) is 20.8 Å². The molecule has 2 aromatic rings. The van der Waals surface area contributed by atoms with Crippen LogP contribution in [0.15, 0.2) is 42.5 Å². The van der Waals surface area contributed by atoms with Gasteiger partial charge in [0.25, 0.3) is 0 Å². The van der Waals surface area contributed by atoms with Crippen molar-refractivity contribution >= 4 is 23.4 Å². The minimum atomic E-state index is -4.45. The molecule has 1 heterocycles. The van der Waals surface area contributed by atoms with Gasteiger partial charge >= 0.3 is 18.2 Å². The molecule has 0 radical (unpaired) electrons. The van der Waals surface area contributed by atoms with E-state index >= 15 is 0 Å². The van der Waals surface area contributed by atoms with E-state index in [2.05, 4.69) is 10.6 Å². The minimum absolute atomic E-state index is 0.00260. The van der Waals surface area contributed by atoms with Crippen LogP contribution in [0.1, 0.15) is 37.5 Å². The molecule has 166 valence electrons. The van der Waals surface area contributed by atoms with Gasteiger partial charge in [0.2, 0.25) is 0 Å². The van der Waals surface area contributed by atoms with Gasteiger partial charge in [-0.1, -0.05) is 12.1 Å². The van der Waals surface area contributed by atoms with Gasteiger partial charge in [-0.05, 0) is 62.2 Å². The van der Waals surface area contributed by atoms with Crippen LogP contribution in [0, 0.1) is 0 Å². The van der Waals surface area contributed by atoms with Crippen molar-refractivity contribution in [3.8, 4) is 0 Å². The molecule has 0 bridgehead atoms. The Balaban J connectivity index is 1.86. The highest BCUT2D eigenvalue weighted by molar-refractivity contribution is 5.96. The second-order valence-corrected chi connectivity index (χ2v) is 8.60. The second kappa shape index (κ2) is 8.13. The molecule has 0 aliphatic carbocycles. The number of anilines is 2. The Labute approximate surface area is 179 Å².